The Hall–Kier alpha value is -1.41. The first kappa shape index (κ1) is 18.0. The first-order valence-corrected chi connectivity index (χ1v) is 10.5. The highest BCUT2D eigenvalue weighted by molar-refractivity contribution is 7.91. The molecule has 2 saturated carbocycles. The fraction of sp³-hybridized carbons (Fsp3) is 0.667. The van der Waals surface area contributed by atoms with Gasteiger partial charge < -0.3 is 14.4 Å². The van der Waals surface area contributed by atoms with E-state index >= 15 is 0 Å². The van der Waals surface area contributed by atoms with Crippen molar-refractivity contribution in [2.24, 2.45) is 11.3 Å². The number of fused-ring (bicyclic) bond motifs is 1. The van der Waals surface area contributed by atoms with Gasteiger partial charge in [-0.25, -0.2) is 18.7 Å². The van der Waals surface area contributed by atoms with Crippen molar-refractivity contribution in [3.63, 3.8) is 0 Å². The van der Waals surface area contributed by atoms with Crippen molar-refractivity contribution in [2.45, 2.75) is 44.6 Å². The van der Waals surface area contributed by atoms with Crippen LogP contribution < -0.4 is 4.90 Å². The molecule has 142 valence electrons. The summed E-state index contributed by atoms with van der Waals surface area (Å²) in [6.07, 6.45) is 5.10. The van der Waals surface area contributed by atoms with E-state index in [0.717, 1.165) is 29.7 Å². The second kappa shape index (κ2) is 6.34. The van der Waals surface area contributed by atoms with Gasteiger partial charge in [0, 0.05) is 43.5 Å². The number of nitrogens with one attached hydrogen (secondary N) is 1. The van der Waals surface area contributed by atoms with Gasteiger partial charge in [0.15, 0.2) is 0 Å². The summed E-state index contributed by atoms with van der Waals surface area (Å²) >= 11 is -1.02. The van der Waals surface area contributed by atoms with Crippen LogP contribution >= 0.6 is 0 Å². The second-order valence-corrected chi connectivity index (χ2v) is 9.81. The molecular formula is C18H24F2N4OS. The fourth-order valence-corrected chi connectivity index (χ4v) is 6.37. The number of H-pyrrole nitrogens is 1. The number of hydrogen-bond donors (Lipinski definition) is 1. The van der Waals surface area contributed by atoms with Crippen LogP contribution in [-0.4, -0.2) is 50.0 Å². The molecule has 0 spiro atoms. The molecule has 8 heteroatoms. The van der Waals surface area contributed by atoms with Crippen LogP contribution in [0.25, 0.3) is 11.0 Å². The van der Waals surface area contributed by atoms with Crippen molar-refractivity contribution < 1.29 is 13.3 Å². The third-order valence-electron chi connectivity index (χ3n) is 5.73. The zero-order valence-corrected chi connectivity index (χ0v) is 15.9. The Balaban J connectivity index is 1.28. The van der Waals surface area contributed by atoms with Crippen LogP contribution in [-0.2, 0) is 11.2 Å². The molecule has 1 atom stereocenters. The summed E-state index contributed by atoms with van der Waals surface area (Å²) in [4.78, 5) is 13.9. The Labute approximate surface area is 154 Å². The third kappa shape index (κ3) is 3.41. The fourth-order valence-electron chi connectivity index (χ4n) is 4.48. The largest absolute Gasteiger partial charge is 0.616 e. The van der Waals surface area contributed by atoms with Crippen LogP contribution in [0, 0.1) is 11.3 Å². The van der Waals surface area contributed by atoms with Crippen LogP contribution in [0.3, 0.4) is 0 Å². The minimum atomic E-state index is -2.55. The zero-order valence-electron chi connectivity index (χ0n) is 15.0. The summed E-state index contributed by atoms with van der Waals surface area (Å²) < 4.78 is 38.6. The molecule has 0 aromatic carbocycles. The van der Waals surface area contributed by atoms with E-state index in [0.29, 0.717) is 23.5 Å². The average Bonchev–Trinajstić information content (AvgIpc) is 2.95. The van der Waals surface area contributed by atoms with Crippen LogP contribution in [0.4, 0.5) is 14.6 Å². The van der Waals surface area contributed by atoms with Gasteiger partial charge in [-0.05, 0) is 18.9 Å². The number of anilines is 1. The van der Waals surface area contributed by atoms with E-state index in [2.05, 4.69) is 19.9 Å². The smallest absolute Gasteiger partial charge is 0.249 e. The predicted molar refractivity (Wildman–Crippen MR) is 99.0 cm³/mol. The van der Waals surface area contributed by atoms with E-state index in [1.807, 2.05) is 26.2 Å². The van der Waals surface area contributed by atoms with E-state index in [1.54, 1.807) is 6.33 Å². The Bertz CT molecular complexity index is 784. The number of alkyl halides is 2. The number of rotatable bonds is 6. The molecule has 2 fully saturated rings. The lowest BCUT2D eigenvalue weighted by molar-refractivity contribution is -0.144. The summed E-state index contributed by atoms with van der Waals surface area (Å²) in [5, 5.41) is 1.00. The molecular weight excluding hydrogens is 358 g/mol. The number of aromatic nitrogens is 3. The molecule has 0 aliphatic heterocycles. The molecule has 2 heterocycles. The Kier molecular flexibility index (Phi) is 4.38. The molecule has 4 rings (SSSR count). The maximum absolute atomic E-state index is 13.1. The highest BCUT2D eigenvalue weighted by Gasteiger charge is 2.55. The van der Waals surface area contributed by atoms with Crippen molar-refractivity contribution in [3.8, 4) is 0 Å². The minimum Gasteiger partial charge on any atom is -0.616 e. The van der Waals surface area contributed by atoms with Crippen LogP contribution in [0.1, 0.15) is 32.6 Å². The lowest BCUT2D eigenvalue weighted by atomic mass is 9.69. The van der Waals surface area contributed by atoms with Gasteiger partial charge >= 0.3 is 0 Å². The molecule has 2 aromatic heterocycles. The minimum absolute atomic E-state index is 0.123. The topological polar surface area (TPSA) is 67.9 Å². The molecule has 0 bridgehead atoms. The maximum Gasteiger partial charge on any atom is 0.249 e. The van der Waals surface area contributed by atoms with Crippen LogP contribution in [0.5, 0.6) is 0 Å². The molecule has 0 radical (unpaired) electrons. The molecule has 1 unspecified atom stereocenters. The van der Waals surface area contributed by atoms with Crippen molar-refractivity contribution in [2.75, 3.05) is 23.5 Å². The zero-order chi connectivity index (χ0) is 18.5. The standard InChI is InChI=1S/C18H24F2N4OS/c1-17(8-18(19,20)9-17)10-26(25)7-12-5-13(6-12)24(2)16-14-3-4-21-15(14)22-11-23-16/h3-4,11-13H,5-10H2,1-2H3,(H,21,22,23)/t12-,13+,26?. The Morgan fingerprint density at radius 2 is 2.08 bits per heavy atom. The molecule has 1 N–H and O–H groups in total. The van der Waals surface area contributed by atoms with E-state index in [1.165, 1.54) is 0 Å². The first-order valence-electron chi connectivity index (χ1n) is 8.98. The molecule has 2 aliphatic rings. The molecule has 2 aromatic rings. The normalized spacial score (nSPS) is 27.6. The molecule has 2 aliphatic carbocycles. The van der Waals surface area contributed by atoms with Gasteiger partial charge in [0.25, 0.3) is 0 Å². The first-order chi connectivity index (χ1) is 12.2. The molecule has 0 saturated heterocycles. The predicted octanol–water partition coefficient (Wildman–Crippen LogP) is 3.36. The van der Waals surface area contributed by atoms with Crippen molar-refractivity contribution in [1.82, 2.24) is 15.0 Å². The summed E-state index contributed by atoms with van der Waals surface area (Å²) in [6, 6.07) is 2.34. The van der Waals surface area contributed by atoms with Gasteiger partial charge in [0.1, 0.15) is 29.3 Å². The number of halogens is 2. The van der Waals surface area contributed by atoms with Crippen molar-refractivity contribution in [1.29, 1.82) is 0 Å². The SMILES string of the molecule is CN(c1ncnc2[nH]ccc12)[C@H]1C[C@@H](C[S+]([O-])CC2(C)CC(F)(F)C2)C1. The lowest BCUT2D eigenvalue weighted by Crippen LogP contribution is -2.50. The van der Waals surface area contributed by atoms with Gasteiger partial charge in [0.05, 0.1) is 5.39 Å². The Morgan fingerprint density at radius 1 is 1.35 bits per heavy atom. The number of aromatic amines is 1. The van der Waals surface area contributed by atoms with Crippen LogP contribution in [0.15, 0.2) is 18.6 Å². The number of hydrogen-bond acceptors (Lipinski definition) is 4. The van der Waals surface area contributed by atoms with E-state index in [4.69, 9.17) is 0 Å². The average molecular weight is 382 g/mol. The summed E-state index contributed by atoms with van der Waals surface area (Å²) in [6.45, 7) is 1.83. The van der Waals surface area contributed by atoms with Gasteiger partial charge in [0.2, 0.25) is 5.92 Å². The molecule has 26 heavy (non-hydrogen) atoms. The molecule has 0 amide bonds. The van der Waals surface area contributed by atoms with Crippen molar-refractivity contribution >= 4 is 28.0 Å². The van der Waals surface area contributed by atoms with Crippen LogP contribution in [0.2, 0.25) is 0 Å². The van der Waals surface area contributed by atoms with Gasteiger partial charge in [-0.3, -0.25) is 0 Å². The maximum atomic E-state index is 13.1. The van der Waals surface area contributed by atoms with E-state index in [-0.39, 0.29) is 12.8 Å². The quantitative estimate of drug-likeness (QED) is 0.778. The number of nitrogens with zero attached hydrogens (tertiary/aromatic N) is 3. The van der Waals surface area contributed by atoms with Crippen molar-refractivity contribution in [3.05, 3.63) is 18.6 Å². The summed E-state index contributed by atoms with van der Waals surface area (Å²) in [5.74, 6) is -0.227. The molecule has 5 nitrogen and oxygen atoms in total. The monoisotopic (exact) mass is 382 g/mol. The summed E-state index contributed by atoms with van der Waals surface area (Å²) in [5.41, 5.74) is 0.374. The second-order valence-electron chi connectivity index (χ2n) is 8.31. The van der Waals surface area contributed by atoms with Gasteiger partial charge in [-0.1, -0.05) is 18.1 Å². The van der Waals surface area contributed by atoms with E-state index < -0.39 is 22.5 Å². The third-order valence-corrected chi connectivity index (χ3v) is 7.59. The Morgan fingerprint density at radius 3 is 2.77 bits per heavy atom. The van der Waals surface area contributed by atoms with Gasteiger partial charge in [-0.2, -0.15) is 0 Å². The summed E-state index contributed by atoms with van der Waals surface area (Å²) in [7, 11) is 2.03. The lowest BCUT2D eigenvalue weighted by Gasteiger charge is -2.45. The van der Waals surface area contributed by atoms with Gasteiger partial charge in [-0.15, -0.1) is 0 Å². The highest BCUT2D eigenvalue weighted by Crippen LogP contribution is 2.52. The highest BCUT2D eigenvalue weighted by atomic mass is 32.2. The van der Waals surface area contributed by atoms with E-state index in [9.17, 15) is 13.3 Å².